The summed E-state index contributed by atoms with van der Waals surface area (Å²) >= 11 is 0. The number of rotatable bonds is 39. The average molecular weight is 787 g/mol. The highest BCUT2D eigenvalue weighted by atomic mass is 16.5. The summed E-state index contributed by atoms with van der Waals surface area (Å²) in [6.45, 7) is 4.24. The summed E-state index contributed by atoms with van der Waals surface area (Å²) in [5, 5.41) is 11.2. The topological polar surface area (TPSA) is 139 Å². The normalized spacial score (nSPS) is 11.6. The van der Waals surface area contributed by atoms with Crippen LogP contribution in [0, 0.1) is 0 Å². The van der Waals surface area contributed by atoms with Gasteiger partial charge in [0.15, 0.2) is 0 Å². The maximum absolute atomic E-state index is 12.9. The highest BCUT2D eigenvalue weighted by Crippen LogP contribution is 2.10. The summed E-state index contributed by atoms with van der Waals surface area (Å²) in [4.78, 5) is 61.7. The second-order valence-corrected chi connectivity index (χ2v) is 14.5. The number of ether oxygens (including phenoxy) is 2. The Bertz CT molecular complexity index is 1070. The van der Waals surface area contributed by atoms with E-state index in [1.54, 1.807) is 0 Å². The number of allylic oxidation sites excluding steroid dienone is 8. The van der Waals surface area contributed by atoms with E-state index in [-0.39, 0.29) is 57.6 Å². The fraction of sp³-hybridized carbons (Fsp3) is 0.717. The molecule has 320 valence electrons. The summed E-state index contributed by atoms with van der Waals surface area (Å²) in [7, 11) is 0. The van der Waals surface area contributed by atoms with Gasteiger partial charge in [-0.15, -0.1) is 0 Å². The van der Waals surface area contributed by atoms with Crippen LogP contribution in [0.3, 0.4) is 0 Å². The third-order valence-corrected chi connectivity index (χ3v) is 9.27. The number of esters is 2. The van der Waals surface area contributed by atoms with E-state index in [1.165, 1.54) is 56.3 Å². The van der Waals surface area contributed by atoms with Crippen molar-refractivity contribution in [3.63, 3.8) is 0 Å². The number of carbonyl (C=O) groups is 5. The third kappa shape index (κ3) is 38.6. The van der Waals surface area contributed by atoms with Gasteiger partial charge in [0, 0.05) is 19.3 Å². The standard InChI is InChI=1S/C46H78N2O8/c1-3-5-7-9-11-13-15-17-19-21-23-25-27-29-31-33-45(53)55-39-37-48(43(50)41-47-42(49)35-36-44(51)52)38-40-56-46(54)34-32-30-28-26-24-22-20-18-16-14-12-10-8-6-4-2/h11-14,17-20H,3-10,15-16,21-41H2,1-2H3,(H,47,49)(H,51,52)/b13-11-,14-12-,19-17-,20-18-. The molecule has 0 aliphatic heterocycles. The Labute approximate surface area is 340 Å². The van der Waals surface area contributed by atoms with Gasteiger partial charge in [-0.1, -0.05) is 127 Å². The molecule has 0 unspecified atom stereocenters. The molecule has 10 heteroatoms. The van der Waals surface area contributed by atoms with E-state index in [1.807, 2.05) is 0 Å². The number of hydrogen-bond donors (Lipinski definition) is 2. The van der Waals surface area contributed by atoms with Gasteiger partial charge in [0.1, 0.15) is 13.2 Å². The lowest BCUT2D eigenvalue weighted by Crippen LogP contribution is -2.43. The summed E-state index contributed by atoms with van der Waals surface area (Å²) in [5.41, 5.74) is 0. The number of nitrogens with zero attached hydrogens (tertiary/aromatic N) is 1. The van der Waals surface area contributed by atoms with Crippen LogP contribution in [0.1, 0.15) is 181 Å². The Morgan fingerprint density at radius 3 is 1.30 bits per heavy atom. The summed E-state index contributed by atoms with van der Waals surface area (Å²) in [5.74, 6) is -2.74. The van der Waals surface area contributed by atoms with Crippen LogP contribution in [0.4, 0.5) is 0 Å². The lowest BCUT2D eigenvalue weighted by Gasteiger charge is -2.22. The quantitative estimate of drug-likeness (QED) is 0.0357. The molecule has 2 N–H and O–H groups in total. The van der Waals surface area contributed by atoms with Crippen molar-refractivity contribution in [3.05, 3.63) is 48.6 Å². The minimum absolute atomic E-state index is 0.0162. The van der Waals surface area contributed by atoms with Gasteiger partial charge >= 0.3 is 17.9 Å². The fourth-order valence-corrected chi connectivity index (χ4v) is 5.80. The van der Waals surface area contributed by atoms with E-state index in [0.717, 1.165) is 89.9 Å². The second-order valence-electron chi connectivity index (χ2n) is 14.5. The molecule has 0 fully saturated rings. The van der Waals surface area contributed by atoms with E-state index < -0.39 is 17.8 Å². The maximum atomic E-state index is 12.9. The SMILES string of the molecule is CCCCC/C=C\C/C=C\CCCCCCCC(=O)OCCN(CCOC(=O)CCCCCCC/C=C\C/C=C\CCCCC)C(=O)CNC(=O)CCC(=O)O. The lowest BCUT2D eigenvalue weighted by molar-refractivity contribution is -0.147. The van der Waals surface area contributed by atoms with Crippen LogP contribution in [0.2, 0.25) is 0 Å². The Kier molecular flexibility index (Phi) is 38.3. The number of aliphatic carboxylic acids is 1. The first-order valence-electron chi connectivity index (χ1n) is 22.0. The van der Waals surface area contributed by atoms with Crippen LogP contribution in [-0.4, -0.2) is 72.6 Å². The van der Waals surface area contributed by atoms with E-state index in [2.05, 4.69) is 67.8 Å². The molecule has 0 aromatic heterocycles. The molecule has 0 aliphatic rings. The molecule has 0 rings (SSSR count). The Morgan fingerprint density at radius 1 is 0.500 bits per heavy atom. The average Bonchev–Trinajstić information content (AvgIpc) is 3.18. The molecule has 0 spiro atoms. The minimum Gasteiger partial charge on any atom is -0.481 e. The molecule has 0 heterocycles. The van der Waals surface area contributed by atoms with E-state index in [4.69, 9.17) is 14.6 Å². The van der Waals surface area contributed by atoms with Gasteiger partial charge in [0.25, 0.3) is 0 Å². The van der Waals surface area contributed by atoms with Gasteiger partial charge in [0.05, 0.1) is 26.1 Å². The first kappa shape index (κ1) is 52.3. The van der Waals surface area contributed by atoms with Crippen molar-refractivity contribution in [3.8, 4) is 0 Å². The molecule has 0 saturated heterocycles. The molecule has 2 amide bonds. The van der Waals surface area contributed by atoms with Crippen molar-refractivity contribution in [2.75, 3.05) is 32.8 Å². The van der Waals surface area contributed by atoms with Gasteiger partial charge in [0.2, 0.25) is 11.8 Å². The number of carboxylic acid groups (broad SMARTS) is 1. The van der Waals surface area contributed by atoms with Crippen LogP contribution < -0.4 is 5.32 Å². The van der Waals surface area contributed by atoms with Crippen LogP contribution in [0.25, 0.3) is 0 Å². The molecule has 0 atom stereocenters. The largest absolute Gasteiger partial charge is 0.481 e. The highest BCUT2D eigenvalue weighted by Gasteiger charge is 2.17. The monoisotopic (exact) mass is 787 g/mol. The van der Waals surface area contributed by atoms with Crippen molar-refractivity contribution in [2.45, 2.75) is 181 Å². The van der Waals surface area contributed by atoms with Crippen molar-refractivity contribution in [2.24, 2.45) is 0 Å². The van der Waals surface area contributed by atoms with Crippen LogP contribution >= 0.6 is 0 Å². The molecular formula is C46H78N2O8. The van der Waals surface area contributed by atoms with Gasteiger partial charge in [-0.05, 0) is 77.0 Å². The molecule has 0 radical (unpaired) electrons. The Balaban J connectivity index is 4.31. The van der Waals surface area contributed by atoms with Gasteiger partial charge < -0.3 is 24.8 Å². The molecule has 0 saturated carbocycles. The van der Waals surface area contributed by atoms with Gasteiger partial charge in [-0.3, -0.25) is 24.0 Å². The number of carboxylic acids is 1. The second kappa shape index (κ2) is 41.0. The number of unbranched alkanes of at least 4 members (excludes halogenated alkanes) is 16. The zero-order valence-electron chi connectivity index (χ0n) is 35.3. The summed E-state index contributed by atoms with van der Waals surface area (Å²) in [6.07, 6.45) is 42.2. The Hall–Kier alpha value is -3.69. The minimum atomic E-state index is -1.10. The number of carbonyl (C=O) groups excluding carboxylic acids is 4. The summed E-state index contributed by atoms with van der Waals surface area (Å²) in [6, 6.07) is 0. The van der Waals surface area contributed by atoms with Crippen molar-refractivity contribution >= 4 is 29.7 Å². The lowest BCUT2D eigenvalue weighted by atomic mass is 10.1. The van der Waals surface area contributed by atoms with Crippen molar-refractivity contribution in [1.29, 1.82) is 0 Å². The predicted molar refractivity (Wildman–Crippen MR) is 227 cm³/mol. The van der Waals surface area contributed by atoms with Crippen molar-refractivity contribution < 1.29 is 38.6 Å². The zero-order chi connectivity index (χ0) is 41.2. The van der Waals surface area contributed by atoms with Gasteiger partial charge in [-0.25, -0.2) is 0 Å². The number of amides is 2. The summed E-state index contributed by atoms with van der Waals surface area (Å²) < 4.78 is 10.8. The van der Waals surface area contributed by atoms with E-state index in [9.17, 15) is 24.0 Å². The van der Waals surface area contributed by atoms with Crippen LogP contribution in [0.15, 0.2) is 48.6 Å². The third-order valence-electron chi connectivity index (χ3n) is 9.27. The first-order valence-corrected chi connectivity index (χ1v) is 22.0. The molecule has 0 aliphatic carbocycles. The zero-order valence-corrected chi connectivity index (χ0v) is 35.3. The fourth-order valence-electron chi connectivity index (χ4n) is 5.80. The smallest absolute Gasteiger partial charge is 0.305 e. The first-order chi connectivity index (χ1) is 27.3. The molecule has 0 aromatic carbocycles. The number of nitrogens with one attached hydrogen (secondary N) is 1. The Morgan fingerprint density at radius 2 is 0.893 bits per heavy atom. The van der Waals surface area contributed by atoms with Gasteiger partial charge in [-0.2, -0.15) is 0 Å². The number of hydrogen-bond acceptors (Lipinski definition) is 7. The highest BCUT2D eigenvalue weighted by molar-refractivity contribution is 5.86. The maximum Gasteiger partial charge on any atom is 0.305 e. The van der Waals surface area contributed by atoms with Crippen LogP contribution in [0.5, 0.6) is 0 Å². The molecule has 0 bridgehead atoms. The molecular weight excluding hydrogens is 709 g/mol. The van der Waals surface area contributed by atoms with E-state index >= 15 is 0 Å². The van der Waals surface area contributed by atoms with E-state index in [0.29, 0.717) is 12.8 Å². The van der Waals surface area contributed by atoms with Crippen LogP contribution in [-0.2, 0) is 33.4 Å². The predicted octanol–water partition coefficient (Wildman–Crippen LogP) is 10.5. The molecule has 0 aromatic rings. The molecule has 10 nitrogen and oxygen atoms in total. The van der Waals surface area contributed by atoms with Crippen molar-refractivity contribution in [1.82, 2.24) is 10.2 Å². The molecule has 56 heavy (non-hydrogen) atoms.